The smallest absolute Gasteiger partial charge is 0.243 e. The molecule has 8 heteroatoms. The lowest BCUT2D eigenvalue weighted by molar-refractivity contribution is -0.134. The highest BCUT2D eigenvalue weighted by Crippen LogP contribution is 2.21. The van der Waals surface area contributed by atoms with Crippen LogP contribution in [0.4, 0.5) is 0 Å². The van der Waals surface area contributed by atoms with Crippen LogP contribution in [0.5, 0.6) is 0 Å². The van der Waals surface area contributed by atoms with Gasteiger partial charge in [-0.05, 0) is 36.8 Å². The van der Waals surface area contributed by atoms with Gasteiger partial charge in [-0.2, -0.15) is 4.31 Å². The van der Waals surface area contributed by atoms with Crippen LogP contribution in [0, 0.1) is 0 Å². The number of carbonyl (C=O) groups excluding carboxylic acids is 2. The molecule has 2 aromatic rings. The van der Waals surface area contributed by atoms with Crippen LogP contribution in [0.2, 0.25) is 0 Å². The van der Waals surface area contributed by atoms with Gasteiger partial charge < -0.3 is 10.2 Å². The second-order valence-electron chi connectivity index (χ2n) is 6.74. The lowest BCUT2D eigenvalue weighted by atomic mass is 10.1. The van der Waals surface area contributed by atoms with E-state index in [4.69, 9.17) is 0 Å². The summed E-state index contributed by atoms with van der Waals surface area (Å²) in [5.41, 5.74) is 0. The second kappa shape index (κ2) is 8.49. The summed E-state index contributed by atoms with van der Waals surface area (Å²) in [4.78, 5) is 25.4. The minimum atomic E-state index is -3.82. The van der Waals surface area contributed by atoms with Crippen molar-refractivity contribution in [3.63, 3.8) is 0 Å². The van der Waals surface area contributed by atoms with Crippen molar-refractivity contribution < 1.29 is 18.0 Å². The third-order valence-corrected chi connectivity index (χ3v) is 5.84. The predicted octanol–water partition coefficient (Wildman–Crippen LogP) is 1.44. The first-order chi connectivity index (χ1) is 12.6. The summed E-state index contributed by atoms with van der Waals surface area (Å²) in [5.74, 6) is -0.748. The van der Waals surface area contributed by atoms with Gasteiger partial charge in [0.25, 0.3) is 0 Å². The molecule has 7 nitrogen and oxygen atoms in total. The summed E-state index contributed by atoms with van der Waals surface area (Å²) >= 11 is 0. The van der Waals surface area contributed by atoms with E-state index in [9.17, 15) is 18.0 Å². The van der Waals surface area contributed by atoms with E-state index < -0.39 is 15.9 Å². The molecule has 2 rings (SSSR count). The van der Waals surface area contributed by atoms with Crippen molar-refractivity contribution in [1.82, 2.24) is 14.5 Å². The summed E-state index contributed by atoms with van der Waals surface area (Å²) in [6, 6.07) is 12.3. The average molecular weight is 391 g/mol. The third kappa shape index (κ3) is 5.27. The molecule has 0 bridgehead atoms. The fourth-order valence-corrected chi connectivity index (χ4v) is 3.73. The SMILES string of the molecule is CC(C)NC(=O)CN(C)C(=O)CN(C)S(=O)(=O)c1ccc2ccccc2c1. The lowest BCUT2D eigenvalue weighted by Crippen LogP contribution is -2.44. The Balaban J connectivity index is 2.09. The van der Waals surface area contributed by atoms with Gasteiger partial charge in [0, 0.05) is 20.1 Å². The fraction of sp³-hybridized carbons (Fsp3) is 0.368. The number of hydrogen-bond acceptors (Lipinski definition) is 4. The number of carbonyl (C=O) groups is 2. The number of hydrogen-bond donors (Lipinski definition) is 1. The van der Waals surface area contributed by atoms with Gasteiger partial charge in [0.15, 0.2) is 0 Å². The molecule has 2 amide bonds. The van der Waals surface area contributed by atoms with E-state index in [-0.39, 0.29) is 29.9 Å². The van der Waals surface area contributed by atoms with E-state index in [0.29, 0.717) is 0 Å². The van der Waals surface area contributed by atoms with Gasteiger partial charge in [-0.3, -0.25) is 9.59 Å². The highest BCUT2D eigenvalue weighted by atomic mass is 32.2. The van der Waals surface area contributed by atoms with Crippen LogP contribution in [0.15, 0.2) is 47.4 Å². The van der Waals surface area contributed by atoms with Crippen LogP contribution in [0.3, 0.4) is 0 Å². The van der Waals surface area contributed by atoms with Crippen LogP contribution in [-0.2, 0) is 19.6 Å². The number of sulfonamides is 1. The molecule has 0 radical (unpaired) electrons. The summed E-state index contributed by atoms with van der Waals surface area (Å²) in [5, 5.41) is 4.43. The molecule has 0 atom stereocenters. The van der Waals surface area contributed by atoms with Crippen LogP contribution >= 0.6 is 0 Å². The van der Waals surface area contributed by atoms with E-state index in [1.54, 1.807) is 12.1 Å². The molecular weight excluding hydrogens is 366 g/mol. The van der Waals surface area contributed by atoms with Crippen molar-refractivity contribution in [2.24, 2.45) is 0 Å². The van der Waals surface area contributed by atoms with E-state index in [1.807, 2.05) is 38.1 Å². The summed E-state index contributed by atoms with van der Waals surface area (Å²) < 4.78 is 26.6. The molecule has 0 unspecified atom stereocenters. The maximum atomic E-state index is 12.8. The molecule has 0 fully saturated rings. The van der Waals surface area contributed by atoms with Gasteiger partial charge in [-0.15, -0.1) is 0 Å². The molecule has 0 heterocycles. The van der Waals surface area contributed by atoms with E-state index >= 15 is 0 Å². The van der Waals surface area contributed by atoms with Crippen LogP contribution in [0.1, 0.15) is 13.8 Å². The maximum Gasteiger partial charge on any atom is 0.243 e. The average Bonchev–Trinajstić information content (AvgIpc) is 2.60. The Kier molecular flexibility index (Phi) is 6.56. The van der Waals surface area contributed by atoms with Crippen molar-refractivity contribution in [3.05, 3.63) is 42.5 Å². The van der Waals surface area contributed by atoms with Crippen molar-refractivity contribution in [1.29, 1.82) is 0 Å². The van der Waals surface area contributed by atoms with E-state index in [2.05, 4.69) is 5.32 Å². The normalized spacial score (nSPS) is 11.8. The van der Waals surface area contributed by atoms with Gasteiger partial charge in [0.1, 0.15) is 0 Å². The molecule has 0 spiro atoms. The molecule has 0 aromatic heterocycles. The lowest BCUT2D eigenvalue weighted by Gasteiger charge is -2.22. The van der Waals surface area contributed by atoms with E-state index in [0.717, 1.165) is 15.1 Å². The zero-order valence-electron chi connectivity index (χ0n) is 16.0. The van der Waals surface area contributed by atoms with Gasteiger partial charge >= 0.3 is 0 Å². The zero-order chi connectivity index (χ0) is 20.2. The Bertz CT molecular complexity index is 941. The molecule has 27 heavy (non-hydrogen) atoms. The van der Waals surface area contributed by atoms with Crippen LogP contribution in [0.25, 0.3) is 10.8 Å². The highest BCUT2D eigenvalue weighted by molar-refractivity contribution is 7.89. The minimum absolute atomic E-state index is 0.0306. The van der Waals surface area contributed by atoms with Gasteiger partial charge in [-0.25, -0.2) is 8.42 Å². The van der Waals surface area contributed by atoms with Crippen molar-refractivity contribution in [2.75, 3.05) is 27.2 Å². The zero-order valence-corrected chi connectivity index (χ0v) is 16.8. The number of amides is 2. The Labute approximate surface area is 160 Å². The fourth-order valence-electron chi connectivity index (χ4n) is 2.58. The number of likely N-dealkylation sites (N-methyl/N-ethyl adjacent to an activating group) is 2. The molecule has 1 N–H and O–H groups in total. The first-order valence-corrected chi connectivity index (χ1v) is 10.0. The first-order valence-electron chi connectivity index (χ1n) is 8.59. The van der Waals surface area contributed by atoms with Crippen molar-refractivity contribution in [3.8, 4) is 0 Å². The summed E-state index contributed by atoms with van der Waals surface area (Å²) in [6.45, 7) is 3.18. The van der Waals surface area contributed by atoms with Gasteiger partial charge in [0.2, 0.25) is 21.8 Å². The number of nitrogens with one attached hydrogen (secondary N) is 1. The largest absolute Gasteiger partial charge is 0.352 e. The topological polar surface area (TPSA) is 86.8 Å². The number of rotatable bonds is 7. The van der Waals surface area contributed by atoms with E-state index in [1.165, 1.54) is 25.1 Å². The van der Waals surface area contributed by atoms with Gasteiger partial charge in [-0.1, -0.05) is 30.3 Å². The molecule has 0 saturated carbocycles. The van der Waals surface area contributed by atoms with Crippen molar-refractivity contribution in [2.45, 2.75) is 24.8 Å². The predicted molar refractivity (Wildman–Crippen MR) is 105 cm³/mol. The molecule has 146 valence electrons. The maximum absolute atomic E-state index is 12.8. The summed E-state index contributed by atoms with van der Waals surface area (Å²) in [6.07, 6.45) is 0. The number of fused-ring (bicyclic) bond motifs is 1. The standard InChI is InChI=1S/C19H25N3O4S/c1-14(2)20-18(23)12-21(3)19(24)13-22(4)27(25,26)17-10-9-15-7-5-6-8-16(15)11-17/h5-11,14H,12-13H2,1-4H3,(H,20,23). The molecule has 0 saturated heterocycles. The van der Waals surface area contributed by atoms with Crippen LogP contribution in [-0.4, -0.2) is 62.7 Å². The molecule has 0 aliphatic carbocycles. The highest BCUT2D eigenvalue weighted by Gasteiger charge is 2.25. The Hall–Kier alpha value is -2.45. The molecule has 0 aliphatic heterocycles. The molecular formula is C19H25N3O4S. The number of benzene rings is 2. The molecule has 2 aromatic carbocycles. The Morgan fingerprint density at radius 1 is 1.00 bits per heavy atom. The van der Waals surface area contributed by atoms with Crippen LogP contribution < -0.4 is 5.32 Å². The third-order valence-electron chi connectivity index (χ3n) is 4.04. The monoisotopic (exact) mass is 391 g/mol. The Morgan fingerprint density at radius 3 is 2.26 bits per heavy atom. The van der Waals surface area contributed by atoms with Crippen molar-refractivity contribution >= 4 is 32.6 Å². The molecule has 0 aliphatic rings. The first kappa shape index (κ1) is 20.9. The minimum Gasteiger partial charge on any atom is -0.352 e. The quantitative estimate of drug-likeness (QED) is 0.774. The Morgan fingerprint density at radius 2 is 1.63 bits per heavy atom. The summed E-state index contributed by atoms with van der Waals surface area (Å²) in [7, 11) is -0.999. The van der Waals surface area contributed by atoms with Gasteiger partial charge in [0.05, 0.1) is 18.0 Å². The number of nitrogens with zero attached hydrogens (tertiary/aromatic N) is 2. The second-order valence-corrected chi connectivity index (χ2v) is 8.79.